The van der Waals surface area contributed by atoms with E-state index in [2.05, 4.69) is 0 Å². The van der Waals surface area contributed by atoms with Gasteiger partial charge >= 0.3 is 5.97 Å². The molecule has 0 saturated carbocycles. The molecule has 0 aromatic heterocycles. The predicted octanol–water partition coefficient (Wildman–Crippen LogP) is 3.56. The van der Waals surface area contributed by atoms with E-state index in [1.54, 1.807) is 9.80 Å². The lowest BCUT2D eigenvalue weighted by atomic mass is 9.78. The minimum atomic E-state index is -0.930. The van der Waals surface area contributed by atoms with Crippen molar-refractivity contribution in [2.75, 3.05) is 24.7 Å². The van der Waals surface area contributed by atoms with Crippen molar-refractivity contribution in [3.63, 3.8) is 0 Å². The molecule has 4 aliphatic rings. The van der Waals surface area contributed by atoms with Crippen LogP contribution in [0.1, 0.15) is 20.3 Å². The number of carbonyl (C=O) groups is 3. The maximum absolute atomic E-state index is 14.6. The van der Waals surface area contributed by atoms with Crippen molar-refractivity contribution in [1.29, 1.82) is 0 Å². The van der Waals surface area contributed by atoms with Crippen LogP contribution < -0.4 is 4.90 Å². The lowest BCUT2D eigenvalue weighted by Gasteiger charge is -2.39. The Balaban J connectivity index is 1.48. The smallest absolute Gasteiger partial charge is 0.311 e. The highest BCUT2D eigenvalue weighted by Gasteiger charge is 2.71. The molecule has 2 fully saturated rings. The van der Waals surface area contributed by atoms with Crippen LogP contribution in [0, 0.1) is 17.8 Å². The Labute approximate surface area is 226 Å². The number of hydrogen-bond donors (Lipinski definition) is 1. The molecule has 38 heavy (non-hydrogen) atoms. The Morgan fingerprint density at radius 2 is 1.87 bits per heavy atom. The third-order valence-corrected chi connectivity index (χ3v) is 9.99. The molecule has 2 aromatic carbocycles. The largest absolute Gasteiger partial charge is 0.461 e. The van der Waals surface area contributed by atoms with Crippen LogP contribution >= 0.6 is 11.8 Å². The van der Waals surface area contributed by atoms with E-state index in [0.717, 1.165) is 16.5 Å². The van der Waals surface area contributed by atoms with Crippen molar-refractivity contribution >= 4 is 46.0 Å². The highest BCUT2D eigenvalue weighted by atomic mass is 32.2. The first-order chi connectivity index (χ1) is 18.4. The summed E-state index contributed by atoms with van der Waals surface area (Å²) in [6.07, 6.45) is 8.27. The maximum Gasteiger partial charge on any atom is 0.311 e. The minimum absolute atomic E-state index is 0.185. The number of aliphatic hydroxyl groups excluding tert-OH is 1. The summed E-state index contributed by atoms with van der Waals surface area (Å²) in [4.78, 5) is 45.4. The zero-order valence-electron chi connectivity index (χ0n) is 21.5. The van der Waals surface area contributed by atoms with Gasteiger partial charge < -0.3 is 19.6 Å². The monoisotopic (exact) mass is 532 g/mol. The first kappa shape index (κ1) is 25.2. The predicted molar refractivity (Wildman–Crippen MR) is 148 cm³/mol. The molecule has 2 saturated heterocycles. The molecule has 0 bridgehead atoms. The van der Waals surface area contributed by atoms with E-state index in [-0.39, 0.29) is 36.2 Å². The van der Waals surface area contributed by atoms with Gasteiger partial charge in [0.25, 0.3) is 5.91 Å². The molecule has 7 nitrogen and oxygen atoms in total. The lowest BCUT2D eigenvalue weighted by molar-refractivity contribution is -0.152. The van der Waals surface area contributed by atoms with Crippen LogP contribution in [0.5, 0.6) is 0 Å². The average molecular weight is 533 g/mol. The van der Waals surface area contributed by atoms with E-state index in [9.17, 15) is 19.5 Å². The summed E-state index contributed by atoms with van der Waals surface area (Å²) in [6.45, 7) is 4.36. The number of likely N-dealkylation sites (tertiary alicyclic amines) is 1. The number of fused-ring (bicyclic) bond motifs is 3. The van der Waals surface area contributed by atoms with Gasteiger partial charge in [0.05, 0.1) is 29.2 Å². The summed E-state index contributed by atoms with van der Waals surface area (Å²) >= 11 is 1.52. The first-order valence-electron chi connectivity index (χ1n) is 13.3. The summed E-state index contributed by atoms with van der Waals surface area (Å²) in [7, 11) is 0. The molecule has 198 valence electrons. The van der Waals surface area contributed by atoms with Gasteiger partial charge in [0.15, 0.2) is 0 Å². The molecule has 6 rings (SSSR count). The van der Waals surface area contributed by atoms with Crippen LogP contribution in [0.25, 0.3) is 10.8 Å². The second-order valence-electron chi connectivity index (χ2n) is 11.0. The lowest BCUT2D eigenvalue weighted by Crippen LogP contribution is -2.57. The van der Waals surface area contributed by atoms with Crippen LogP contribution in [-0.4, -0.2) is 69.6 Å². The molecule has 6 atom stereocenters. The van der Waals surface area contributed by atoms with Crippen LogP contribution in [-0.2, 0) is 19.1 Å². The summed E-state index contributed by atoms with van der Waals surface area (Å²) in [5.74, 6) is -2.05. The molecule has 2 amide bonds. The summed E-state index contributed by atoms with van der Waals surface area (Å²) < 4.78 is 4.52. The Kier molecular flexibility index (Phi) is 6.35. The molecular formula is C30H32N2O5S. The van der Waals surface area contributed by atoms with Gasteiger partial charge in [0.2, 0.25) is 5.91 Å². The number of cyclic esters (lactones) is 1. The number of carbonyl (C=O) groups excluding carboxylic acids is 3. The standard InChI is InChI=1S/C30H32N2O5S/c1-18(2)15-22(17-33)32-26-28(35)31(21-11-10-19-7-3-4-8-20(19)16-21)13-6-12-30(26)25(27(32)34)24-23(38-30)9-5-14-37-29(24)36/h3-12,16,18,22-26,33H,13-15,17H2,1-2H3/t22-,23-,24+,25+,26?,30+/m1/s1. The maximum atomic E-state index is 14.6. The number of anilines is 1. The number of ether oxygens (including phenoxy) is 1. The second-order valence-corrected chi connectivity index (χ2v) is 12.5. The number of benzene rings is 2. The Morgan fingerprint density at radius 3 is 2.63 bits per heavy atom. The molecular weight excluding hydrogens is 500 g/mol. The zero-order valence-corrected chi connectivity index (χ0v) is 22.3. The molecule has 1 spiro atoms. The van der Waals surface area contributed by atoms with Gasteiger partial charge in [-0.2, -0.15) is 0 Å². The van der Waals surface area contributed by atoms with Gasteiger partial charge in [0.1, 0.15) is 12.6 Å². The van der Waals surface area contributed by atoms with E-state index in [0.29, 0.717) is 13.0 Å². The van der Waals surface area contributed by atoms with Crippen molar-refractivity contribution in [3.05, 3.63) is 66.8 Å². The van der Waals surface area contributed by atoms with Crippen molar-refractivity contribution < 1.29 is 24.2 Å². The highest BCUT2D eigenvalue weighted by molar-refractivity contribution is 8.02. The third-order valence-electron chi connectivity index (χ3n) is 8.24. The Morgan fingerprint density at radius 1 is 1.08 bits per heavy atom. The van der Waals surface area contributed by atoms with Gasteiger partial charge in [-0.15, -0.1) is 11.8 Å². The van der Waals surface area contributed by atoms with Crippen molar-refractivity contribution in [3.8, 4) is 0 Å². The summed E-state index contributed by atoms with van der Waals surface area (Å²) in [6, 6.07) is 12.6. The molecule has 0 radical (unpaired) electrons. The fourth-order valence-electron chi connectivity index (χ4n) is 6.70. The second kappa shape index (κ2) is 9.58. The number of thioether (sulfide) groups is 1. The molecule has 4 aliphatic heterocycles. The van der Waals surface area contributed by atoms with Crippen molar-refractivity contribution in [1.82, 2.24) is 4.90 Å². The van der Waals surface area contributed by atoms with Gasteiger partial charge in [0, 0.05) is 17.5 Å². The van der Waals surface area contributed by atoms with Gasteiger partial charge in [-0.05, 0) is 35.2 Å². The summed E-state index contributed by atoms with van der Waals surface area (Å²) in [5, 5.41) is 12.3. The van der Waals surface area contributed by atoms with E-state index in [4.69, 9.17) is 4.74 Å². The molecule has 2 aromatic rings. The normalized spacial score (nSPS) is 31.2. The number of aliphatic hydroxyl groups is 1. The topological polar surface area (TPSA) is 87.2 Å². The molecule has 0 aliphatic carbocycles. The fourth-order valence-corrected chi connectivity index (χ4v) is 8.69. The molecule has 1 N–H and O–H groups in total. The Hall–Kier alpha value is -3.10. The Bertz CT molecular complexity index is 1360. The van der Waals surface area contributed by atoms with Crippen LogP contribution in [0.15, 0.2) is 66.8 Å². The van der Waals surface area contributed by atoms with Crippen LogP contribution in [0.3, 0.4) is 0 Å². The number of esters is 1. The fraction of sp³-hybridized carbons (Fsp3) is 0.433. The van der Waals surface area contributed by atoms with Crippen LogP contribution in [0.2, 0.25) is 0 Å². The number of hydrogen-bond acceptors (Lipinski definition) is 6. The average Bonchev–Trinajstić information content (AvgIpc) is 3.21. The third kappa shape index (κ3) is 3.80. The van der Waals surface area contributed by atoms with Gasteiger partial charge in [-0.3, -0.25) is 14.4 Å². The SMILES string of the molecule is CC(C)C[C@H](CO)N1C(=O)[C@@H]2[C@H]3C(=O)OCC=C[C@H]3S[C@@]23C=CCN(c2ccc4ccccc4c2)C(=O)C13. The number of amides is 2. The zero-order chi connectivity index (χ0) is 26.6. The van der Waals surface area contributed by atoms with Crippen molar-refractivity contribution in [2.45, 2.75) is 42.3 Å². The van der Waals surface area contributed by atoms with E-state index in [1.807, 2.05) is 80.6 Å². The van der Waals surface area contributed by atoms with Crippen molar-refractivity contribution in [2.24, 2.45) is 17.8 Å². The summed E-state index contributed by atoms with van der Waals surface area (Å²) in [5.41, 5.74) is 0.757. The van der Waals surface area contributed by atoms with Gasteiger partial charge in [-0.1, -0.05) is 68.5 Å². The highest BCUT2D eigenvalue weighted by Crippen LogP contribution is 2.61. The van der Waals surface area contributed by atoms with E-state index < -0.39 is 34.6 Å². The van der Waals surface area contributed by atoms with Crippen LogP contribution in [0.4, 0.5) is 5.69 Å². The molecule has 8 heteroatoms. The van der Waals surface area contributed by atoms with E-state index >= 15 is 0 Å². The number of nitrogens with zero attached hydrogens (tertiary/aromatic N) is 2. The molecule has 1 unspecified atom stereocenters. The van der Waals surface area contributed by atoms with Gasteiger partial charge in [-0.25, -0.2) is 0 Å². The van der Waals surface area contributed by atoms with E-state index in [1.165, 1.54) is 11.8 Å². The molecule has 4 heterocycles. The first-order valence-corrected chi connectivity index (χ1v) is 14.2. The quantitative estimate of drug-likeness (QED) is 0.468. The number of rotatable bonds is 5. The minimum Gasteiger partial charge on any atom is -0.461 e.